The number of aliphatic imine (C=N–C) groups is 1. The molecule has 1 aliphatic carbocycles. The smallest absolute Gasteiger partial charge is 0.218 e. The molecule has 1 aromatic heterocycles. The van der Waals surface area contributed by atoms with Crippen molar-refractivity contribution in [2.45, 2.75) is 39.0 Å². The van der Waals surface area contributed by atoms with E-state index in [1.807, 2.05) is 6.92 Å². The number of rotatable bonds is 4. The SMILES string of the molecule is Cc1cc(=N)n(C(=NCCC2=CCCCC2)Nc2ccc(F)c(Cl)c2)s1. The molecular weight excluding hydrogens is 371 g/mol. The normalized spacial score (nSPS) is 15.0. The topological polar surface area (TPSA) is 53.2 Å². The number of aryl methyl sites for hydroxylation is 1. The van der Waals surface area contributed by atoms with Crippen LogP contribution in [0, 0.1) is 18.2 Å². The maximum Gasteiger partial charge on any atom is 0.218 e. The zero-order valence-electron chi connectivity index (χ0n) is 14.7. The molecule has 0 saturated carbocycles. The second-order valence-electron chi connectivity index (χ2n) is 6.34. The molecule has 0 spiro atoms. The highest BCUT2D eigenvalue weighted by Gasteiger charge is 2.10. The lowest BCUT2D eigenvalue weighted by molar-refractivity contribution is 0.628. The van der Waals surface area contributed by atoms with Gasteiger partial charge in [-0.1, -0.05) is 34.8 Å². The van der Waals surface area contributed by atoms with E-state index in [9.17, 15) is 4.39 Å². The minimum absolute atomic E-state index is 0.0557. The van der Waals surface area contributed by atoms with Crippen LogP contribution in [0.1, 0.15) is 37.0 Å². The summed E-state index contributed by atoms with van der Waals surface area (Å²) in [6.45, 7) is 2.60. The van der Waals surface area contributed by atoms with Crippen LogP contribution in [0.2, 0.25) is 5.02 Å². The lowest BCUT2D eigenvalue weighted by atomic mass is 9.97. The highest BCUT2D eigenvalue weighted by molar-refractivity contribution is 7.07. The van der Waals surface area contributed by atoms with Gasteiger partial charge in [-0.15, -0.1) is 0 Å². The quantitative estimate of drug-likeness (QED) is 0.412. The highest BCUT2D eigenvalue weighted by Crippen LogP contribution is 2.21. The number of hydrogen-bond donors (Lipinski definition) is 2. The van der Waals surface area contributed by atoms with Gasteiger partial charge in [0.25, 0.3) is 0 Å². The Balaban J connectivity index is 1.82. The number of allylic oxidation sites excluding steroid dienone is 1. The molecule has 0 aliphatic heterocycles. The highest BCUT2D eigenvalue weighted by atomic mass is 35.5. The van der Waals surface area contributed by atoms with Crippen molar-refractivity contribution in [2.24, 2.45) is 4.99 Å². The summed E-state index contributed by atoms with van der Waals surface area (Å²) in [6, 6.07) is 6.26. The van der Waals surface area contributed by atoms with Gasteiger partial charge in [0.15, 0.2) is 0 Å². The Morgan fingerprint density at radius 2 is 2.23 bits per heavy atom. The number of nitrogens with one attached hydrogen (secondary N) is 2. The van der Waals surface area contributed by atoms with Gasteiger partial charge in [0.05, 0.1) is 5.02 Å². The van der Waals surface area contributed by atoms with Gasteiger partial charge in [-0.2, -0.15) is 0 Å². The van der Waals surface area contributed by atoms with Gasteiger partial charge in [-0.05, 0) is 63.3 Å². The van der Waals surface area contributed by atoms with Crippen molar-refractivity contribution in [1.29, 1.82) is 5.41 Å². The second-order valence-corrected chi connectivity index (χ2v) is 7.94. The van der Waals surface area contributed by atoms with Crippen LogP contribution in [0.3, 0.4) is 0 Å². The first-order chi connectivity index (χ1) is 12.5. The van der Waals surface area contributed by atoms with Crippen molar-refractivity contribution in [3.8, 4) is 0 Å². The van der Waals surface area contributed by atoms with Crippen molar-refractivity contribution < 1.29 is 4.39 Å². The summed E-state index contributed by atoms with van der Waals surface area (Å²) in [5, 5.41) is 11.4. The fourth-order valence-corrected chi connectivity index (χ4v) is 3.90. The fraction of sp³-hybridized carbons (Fsp3) is 0.368. The van der Waals surface area contributed by atoms with E-state index in [-0.39, 0.29) is 5.02 Å². The number of halogens is 2. The Hall–Kier alpha value is -1.92. The van der Waals surface area contributed by atoms with E-state index >= 15 is 0 Å². The van der Waals surface area contributed by atoms with E-state index < -0.39 is 5.82 Å². The van der Waals surface area contributed by atoms with Crippen LogP contribution in [0.5, 0.6) is 0 Å². The van der Waals surface area contributed by atoms with E-state index in [1.165, 1.54) is 42.1 Å². The molecule has 1 aromatic carbocycles. The largest absolute Gasteiger partial charge is 0.325 e. The summed E-state index contributed by atoms with van der Waals surface area (Å²) < 4.78 is 15.1. The molecule has 0 saturated heterocycles. The van der Waals surface area contributed by atoms with Crippen LogP contribution in [-0.2, 0) is 0 Å². The summed E-state index contributed by atoms with van der Waals surface area (Å²) in [6.07, 6.45) is 8.09. The maximum absolute atomic E-state index is 13.4. The summed E-state index contributed by atoms with van der Waals surface area (Å²) in [5.41, 5.74) is 2.47. The Kier molecular flexibility index (Phi) is 6.27. The van der Waals surface area contributed by atoms with Crippen LogP contribution >= 0.6 is 23.1 Å². The number of anilines is 1. The lowest BCUT2D eigenvalue weighted by Gasteiger charge is -2.13. The molecular formula is C19H22ClFN4S. The van der Waals surface area contributed by atoms with Gasteiger partial charge in [0.2, 0.25) is 5.96 Å². The average Bonchev–Trinajstić information content (AvgIpc) is 2.96. The van der Waals surface area contributed by atoms with Crippen LogP contribution in [0.25, 0.3) is 0 Å². The molecule has 1 heterocycles. The fourth-order valence-electron chi connectivity index (χ4n) is 2.92. The molecule has 0 bridgehead atoms. The molecule has 0 unspecified atom stereocenters. The molecule has 3 rings (SSSR count). The van der Waals surface area contributed by atoms with Crippen molar-refractivity contribution >= 4 is 34.8 Å². The van der Waals surface area contributed by atoms with Crippen LogP contribution < -0.4 is 10.8 Å². The maximum atomic E-state index is 13.4. The third-order valence-corrected chi connectivity index (χ3v) is 5.49. The van der Waals surface area contributed by atoms with Gasteiger partial charge in [-0.25, -0.2) is 8.35 Å². The predicted octanol–water partition coefficient (Wildman–Crippen LogP) is 5.34. The predicted molar refractivity (Wildman–Crippen MR) is 107 cm³/mol. The van der Waals surface area contributed by atoms with Crippen molar-refractivity contribution in [3.63, 3.8) is 0 Å². The van der Waals surface area contributed by atoms with E-state index in [2.05, 4.69) is 11.4 Å². The van der Waals surface area contributed by atoms with Crippen molar-refractivity contribution in [2.75, 3.05) is 11.9 Å². The number of benzene rings is 1. The van der Waals surface area contributed by atoms with Crippen LogP contribution in [0.15, 0.2) is 40.9 Å². The first kappa shape index (κ1) is 18.9. The number of hydrogen-bond acceptors (Lipinski definition) is 3. The monoisotopic (exact) mass is 392 g/mol. The van der Waals surface area contributed by atoms with Crippen molar-refractivity contribution in [1.82, 2.24) is 3.96 Å². The molecule has 2 N–H and O–H groups in total. The van der Waals surface area contributed by atoms with Gasteiger partial charge in [-0.3, -0.25) is 10.4 Å². The molecule has 0 radical (unpaired) electrons. The lowest BCUT2D eigenvalue weighted by Crippen LogP contribution is -2.28. The Bertz CT molecular complexity index is 897. The minimum atomic E-state index is -0.458. The Labute approximate surface area is 161 Å². The van der Waals surface area contributed by atoms with Crippen molar-refractivity contribution in [3.05, 3.63) is 57.1 Å². The number of aromatic nitrogens is 1. The molecule has 0 amide bonds. The molecule has 0 fully saturated rings. The van der Waals surface area contributed by atoms with Gasteiger partial charge in [0, 0.05) is 17.1 Å². The molecule has 2 aromatic rings. The zero-order valence-corrected chi connectivity index (χ0v) is 16.3. The molecule has 1 aliphatic rings. The molecule has 138 valence electrons. The van der Waals surface area contributed by atoms with E-state index in [1.54, 1.807) is 16.1 Å². The molecule has 26 heavy (non-hydrogen) atoms. The Morgan fingerprint density at radius 1 is 1.38 bits per heavy atom. The van der Waals surface area contributed by atoms with Crippen LogP contribution in [0.4, 0.5) is 10.1 Å². The number of nitrogens with zero attached hydrogens (tertiary/aromatic N) is 2. The van der Waals surface area contributed by atoms with Gasteiger partial charge >= 0.3 is 0 Å². The third-order valence-electron chi connectivity index (χ3n) is 4.24. The van der Waals surface area contributed by atoms with Gasteiger partial charge in [0.1, 0.15) is 11.3 Å². The summed E-state index contributed by atoms with van der Waals surface area (Å²) in [5.74, 6) is 0.105. The Morgan fingerprint density at radius 3 is 2.88 bits per heavy atom. The van der Waals surface area contributed by atoms with E-state index in [0.717, 1.165) is 24.1 Å². The molecule has 4 nitrogen and oxygen atoms in total. The van der Waals surface area contributed by atoms with Crippen LogP contribution in [-0.4, -0.2) is 16.5 Å². The average molecular weight is 393 g/mol. The second kappa shape index (κ2) is 8.64. The van der Waals surface area contributed by atoms with Gasteiger partial charge < -0.3 is 5.32 Å². The standard InChI is InChI=1S/C19H22ClFN4S/c1-13-11-18(22)25(26-13)19(23-10-9-14-5-3-2-4-6-14)24-15-7-8-17(21)16(20)12-15/h5,7-8,11-12,22H,2-4,6,9-10H2,1H3,(H,23,24). The summed E-state index contributed by atoms with van der Waals surface area (Å²) in [4.78, 5) is 5.72. The minimum Gasteiger partial charge on any atom is -0.325 e. The molecule has 0 atom stereocenters. The van der Waals surface area contributed by atoms with E-state index in [4.69, 9.17) is 22.0 Å². The molecule has 7 heteroatoms. The zero-order chi connectivity index (χ0) is 18.5. The first-order valence-corrected chi connectivity index (χ1v) is 9.87. The van der Waals surface area contributed by atoms with E-state index in [0.29, 0.717) is 23.7 Å². The summed E-state index contributed by atoms with van der Waals surface area (Å²) >= 11 is 7.33. The summed E-state index contributed by atoms with van der Waals surface area (Å²) in [7, 11) is 0. The first-order valence-electron chi connectivity index (χ1n) is 8.72. The third kappa shape index (κ3) is 4.83.